The Hall–Kier alpha value is -2.31. The molecule has 1 N–H and O–H groups in total. The third kappa shape index (κ3) is 3.10. The first-order valence-corrected chi connectivity index (χ1v) is 9.66. The van der Waals surface area contributed by atoms with E-state index in [1.54, 1.807) is 21.3 Å². The van der Waals surface area contributed by atoms with E-state index in [-0.39, 0.29) is 6.42 Å². The molecule has 1 aromatic rings. The summed E-state index contributed by atoms with van der Waals surface area (Å²) in [5.74, 6) is 0.769. The molecule has 150 valence electrons. The Morgan fingerprint density at radius 2 is 2.11 bits per heavy atom. The van der Waals surface area contributed by atoms with Gasteiger partial charge in [0.25, 0.3) is 0 Å². The molecule has 2 unspecified atom stereocenters. The van der Waals surface area contributed by atoms with Crippen LogP contribution in [0.5, 0.6) is 11.5 Å². The fraction of sp³-hybridized carbons (Fsp3) is 0.500. The number of aliphatic carboxylic acids is 1. The molecule has 28 heavy (non-hydrogen) atoms. The Morgan fingerprint density at radius 1 is 1.29 bits per heavy atom. The first-order chi connectivity index (χ1) is 13.5. The highest BCUT2D eigenvalue weighted by Gasteiger charge is 2.40. The van der Waals surface area contributed by atoms with Crippen LogP contribution in [0, 0.1) is 0 Å². The number of carbonyl (C=O) groups is 1. The monoisotopic (exact) mass is 385 g/mol. The summed E-state index contributed by atoms with van der Waals surface area (Å²) in [5, 5.41) is 9.29. The summed E-state index contributed by atoms with van der Waals surface area (Å²) >= 11 is 0. The van der Waals surface area contributed by atoms with E-state index in [1.807, 2.05) is 6.07 Å². The maximum absolute atomic E-state index is 11.3. The van der Waals surface area contributed by atoms with Gasteiger partial charge in [-0.3, -0.25) is 9.69 Å². The van der Waals surface area contributed by atoms with Gasteiger partial charge in [-0.1, -0.05) is 12.1 Å². The molecular formula is C22H27NO5. The topological polar surface area (TPSA) is 68.2 Å². The van der Waals surface area contributed by atoms with Crippen molar-refractivity contribution in [3.8, 4) is 11.5 Å². The van der Waals surface area contributed by atoms with Crippen molar-refractivity contribution in [3.63, 3.8) is 0 Å². The second kappa shape index (κ2) is 7.26. The van der Waals surface area contributed by atoms with Gasteiger partial charge < -0.3 is 19.3 Å². The van der Waals surface area contributed by atoms with E-state index in [1.165, 1.54) is 22.3 Å². The lowest BCUT2D eigenvalue weighted by Gasteiger charge is -2.45. The Balaban J connectivity index is 1.65. The van der Waals surface area contributed by atoms with Gasteiger partial charge >= 0.3 is 5.97 Å². The van der Waals surface area contributed by atoms with Crippen molar-refractivity contribution >= 4 is 5.97 Å². The minimum Gasteiger partial charge on any atom is -0.493 e. The van der Waals surface area contributed by atoms with Crippen molar-refractivity contribution in [1.82, 2.24) is 4.90 Å². The molecule has 1 saturated heterocycles. The average molecular weight is 385 g/mol. The predicted octanol–water partition coefficient (Wildman–Crippen LogP) is 2.95. The van der Waals surface area contributed by atoms with Gasteiger partial charge in [0, 0.05) is 31.8 Å². The minimum absolute atomic E-state index is 0.00894. The van der Waals surface area contributed by atoms with Crippen LogP contribution in [0.25, 0.3) is 0 Å². The van der Waals surface area contributed by atoms with Gasteiger partial charge in [0.05, 0.1) is 20.6 Å². The molecule has 0 radical (unpaired) electrons. The Kier molecular flexibility index (Phi) is 4.93. The van der Waals surface area contributed by atoms with E-state index in [0.29, 0.717) is 12.5 Å². The van der Waals surface area contributed by atoms with Gasteiger partial charge in [0.15, 0.2) is 11.5 Å². The van der Waals surface area contributed by atoms with Gasteiger partial charge in [0.2, 0.25) is 0 Å². The number of methoxy groups -OCH3 is 3. The van der Waals surface area contributed by atoms with Crippen molar-refractivity contribution in [2.45, 2.75) is 43.9 Å². The van der Waals surface area contributed by atoms with E-state index in [0.717, 1.165) is 37.4 Å². The summed E-state index contributed by atoms with van der Waals surface area (Å²) in [7, 11) is 4.96. The van der Waals surface area contributed by atoms with E-state index in [4.69, 9.17) is 14.2 Å². The molecule has 2 heterocycles. The molecule has 6 nitrogen and oxygen atoms in total. The van der Waals surface area contributed by atoms with Crippen molar-refractivity contribution in [2.75, 3.05) is 27.9 Å². The molecule has 0 bridgehead atoms. The average Bonchev–Trinajstić information content (AvgIpc) is 2.70. The lowest BCUT2D eigenvalue weighted by atomic mass is 9.75. The van der Waals surface area contributed by atoms with Crippen LogP contribution < -0.4 is 9.47 Å². The number of hydrogen-bond donors (Lipinski definition) is 1. The summed E-state index contributed by atoms with van der Waals surface area (Å²) in [6.45, 7) is 1.76. The standard InChI is InChI=1S/C22H27NO5/c1-26-19-5-4-14-10-18-16-6-8-22(28-3,12-20(24)25)11-15(16)7-9-23(18)13-17(14)21(19)27-2/h4-6,11,18H,7-10,12-13H2,1-3H3,(H,24,25). The van der Waals surface area contributed by atoms with Crippen LogP contribution >= 0.6 is 0 Å². The molecule has 4 rings (SSSR count). The van der Waals surface area contributed by atoms with Crippen LogP contribution in [0.2, 0.25) is 0 Å². The number of carboxylic acids is 1. The highest BCUT2D eigenvalue weighted by atomic mass is 16.5. The fourth-order valence-corrected chi connectivity index (χ4v) is 4.89. The zero-order chi connectivity index (χ0) is 19.9. The number of ether oxygens (including phenoxy) is 3. The number of fused-ring (bicyclic) bond motifs is 4. The van der Waals surface area contributed by atoms with E-state index >= 15 is 0 Å². The SMILES string of the molecule is COc1ccc2c(c1OC)CN1CCC3=CC(CC(=O)O)(OC)CC=C3C1C2. The van der Waals surface area contributed by atoms with Crippen LogP contribution in [-0.2, 0) is 22.5 Å². The number of nitrogens with zero attached hydrogens (tertiary/aromatic N) is 1. The molecule has 1 aromatic carbocycles. The van der Waals surface area contributed by atoms with Crippen molar-refractivity contribution < 1.29 is 24.1 Å². The number of carboxylic acid groups (broad SMARTS) is 1. The predicted molar refractivity (Wildman–Crippen MR) is 105 cm³/mol. The normalized spacial score (nSPS) is 26.3. The molecule has 1 aliphatic carbocycles. The number of benzene rings is 1. The lowest BCUT2D eigenvalue weighted by Crippen LogP contribution is -2.47. The molecule has 2 atom stereocenters. The highest BCUT2D eigenvalue weighted by Crippen LogP contribution is 2.44. The molecule has 0 aromatic heterocycles. The highest BCUT2D eigenvalue weighted by molar-refractivity contribution is 5.69. The van der Waals surface area contributed by atoms with Crippen LogP contribution in [0.4, 0.5) is 0 Å². The zero-order valence-corrected chi connectivity index (χ0v) is 16.7. The third-order valence-electron chi connectivity index (χ3n) is 6.32. The Morgan fingerprint density at radius 3 is 2.79 bits per heavy atom. The largest absolute Gasteiger partial charge is 0.493 e. The molecule has 3 aliphatic rings. The van der Waals surface area contributed by atoms with E-state index in [9.17, 15) is 9.90 Å². The molecular weight excluding hydrogens is 358 g/mol. The van der Waals surface area contributed by atoms with Crippen LogP contribution in [-0.4, -0.2) is 55.5 Å². The van der Waals surface area contributed by atoms with Crippen molar-refractivity contribution in [3.05, 3.63) is 46.6 Å². The number of piperidine rings is 1. The molecule has 1 fully saturated rings. The smallest absolute Gasteiger partial charge is 0.306 e. The maximum atomic E-state index is 11.3. The van der Waals surface area contributed by atoms with Gasteiger partial charge in [-0.2, -0.15) is 0 Å². The molecule has 6 heteroatoms. The molecule has 0 spiro atoms. The lowest BCUT2D eigenvalue weighted by molar-refractivity contribution is -0.142. The third-order valence-corrected chi connectivity index (χ3v) is 6.32. The maximum Gasteiger partial charge on any atom is 0.306 e. The molecule has 2 aliphatic heterocycles. The van der Waals surface area contributed by atoms with Gasteiger partial charge in [0.1, 0.15) is 5.60 Å². The summed E-state index contributed by atoms with van der Waals surface area (Å²) in [5.41, 5.74) is 4.33. The first-order valence-electron chi connectivity index (χ1n) is 9.66. The quantitative estimate of drug-likeness (QED) is 0.841. The summed E-state index contributed by atoms with van der Waals surface area (Å²) in [6.07, 6.45) is 6.66. The first kappa shape index (κ1) is 19.0. The minimum atomic E-state index is -0.833. The second-order valence-electron chi connectivity index (χ2n) is 7.75. The Bertz CT molecular complexity index is 859. The van der Waals surface area contributed by atoms with Crippen LogP contribution in [0.15, 0.2) is 35.4 Å². The Labute approximate surface area is 165 Å². The van der Waals surface area contributed by atoms with E-state index in [2.05, 4.69) is 23.1 Å². The summed E-state index contributed by atoms with van der Waals surface area (Å²) in [6, 6.07) is 4.43. The van der Waals surface area contributed by atoms with Gasteiger partial charge in [-0.25, -0.2) is 0 Å². The van der Waals surface area contributed by atoms with Gasteiger partial charge in [-0.05, 0) is 48.1 Å². The van der Waals surface area contributed by atoms with Crippen LogP contribution in [0.3, 0.4) is 0 Å². The number of rotatable bonds is 5. The van der Waals surface area contributed by atoms with Gasteiger partial charge in [-0.15, -0.1) is 0 Å². The number of hydrogen-bond acceptors (Lipinski definition) is 5. The summed E-state index contributed by atoms with van der Waals surface area (Å²) < 4.78 is 16.8. The molecule has 0 saturated carbocycles. The fourth-order valence-electron chi connectivity index (χ4n) is 4.89. The van der Waals surface area contributed by atoms with Crippen LogP contribution in [0.1, 0.15) is 30.4 Å². The summed E-state index contributed by atoms with van der Waals surface area (Å²) in [4.78, 5) is 13.8. The molecule has 0 amide bonds. The second-order valence-corrected chi connectivity index (χ2v) is 7.75. The van der Waals surface area contributed by atoms with Crippen molar-refractivity contribution in [2.24, 2.45) is 0 Å². The van der Waals surface area contributed by atoms with E-state index < -0.39 is 11.6 Å². The van der Waals surface area contributed by atoms with Crippen molar-refractivity contribution in [1.29, 1.82) is 0 Å². The zero-order valence-electron chi connectivity index (χ0n) is 16.7.